The smallest absolute Gasteiger partial charge is 0.267 e. The van der Waals surface area contributed by atoms with Crippen molar-refractivity contribution in [3.8, 4) is 0 Å². The van der Waals surface area contributed by atoms with Gasteiger partial charge in [-0.05, 0) is 43.4 Å². The Morgan fingerprint density at radius 3 is 2.26 bits per heavy atom. The van der Waals surface area contributed by atoms with Crippen LogP contribution in [-0.2, 0) is 16.4 Å². The van der Waals surface area contributed by atoms with Crippen molar-refractivity contribution >= 4 is 15.8 Å². The van der Waals surface area contributed by atoms with E-state index in [-0.39, 0.29) is 16.1 Å². The van der Waals surface area contributed by atoms with E-state index in [2.05, 4.69) is 0 Å². The fraction of sp³-hybridized carbons (Fsp3) is 0.389. The van der Waals surface area contributed by atoms with E-state index in [0.717, 1.165) is 11.1 Å². The van der Waals surface area contributed by atoms with Crippen LogP contribution in [0.2, 0.25) is 0 Å². The van der Waals surface area contributed by atoms with Crippen molar-refractivity contribution in [1.82, 2.24) is 3.97 Å². The maximum Gasteiger partial charge on any atom is 0.267 e. The van der Waals surface area contributed by atoms with Crippen LogP contribution in [0.1, 0.15) is 47.4 Å². The largest absolute Gasteiger partial charge is 0.294 e. The van der Waals surface area contributed by atoms with Gasteiger partial charge < -0.3 is 0 Å². The molecule has 1 aliphatic rings. The van der Waals surface area contributed by atoms with E-state index in [9.17, 15) is 13.2 Å². The van der Waals surface area contributed by atoms with Crippen LogP contribution >= 0.6 is 0 Å². The van der Waals surface area contributed by atoms with Gasteiger partial charge in [0.05, 0.1) is 4.90 Å². The highest BCUT2D eigenvalue weighted by molar-refractivity contribution is 7.90. The van der Waals surface area contributed by atoms with Gasteiger partial charge in [0, 0.05) is 23.9 Å². The van der Waals surface area contributed by atoms with Crippen LogP contribution in [0.15, 0.2) is 35.4 Å². The number of aromatic nitrogens is 1. The third-order valence-electron chi connectivity index (χ3n) is 4.40. The summed E-state index contributed by atoms with van der Waals surface area (Å²) in [5.41, 5.74) is 2.71. The number of nitrogens with zero attached hydrogens (tertiary/aromatic N) is 1. The van der Waals surface area contributed by atoms with Crippen LogP contribution in [0.3, 0.4) is 0 Å². The Morgan fingerprint density at radius 1 is 1.04 bits per heavy atom. The Bertz CT molecular complexity index is 887. The Labute approximate surface area is 137 Å². The van der Waals surface area contributed by atoms with E-state index in [0.29, 0.717) is 24.1 Å². The number of ketones is 1. The van der Waals surface area contributed by atoms with Gasteiger partial charge in [0.15, 0.2) is 5.78 Å². The molecule has 0 atom stereocenters. The molecule has 0 fully saturated rings. The molecule has 4 nitrogen and oxygen atoms in total. The molecular weight excluding hydrogens is 310 g/mol. The second-order valence-corrected chi connectivity index (χ2v) is 9.00. The predicted molar refractivity (Wildman–Crippen MR) is 89.4 cm³/mol. The third kappa shape index (κ3) is 2.63. The Balaban J connectivity index is 2.20. The first kappa shape index (κ1) is 16.0. The standard InChI is InChI=1S/C18H21NO3S/c1-12-5-7-14(8-6-12)23(21,22)19-11-13(2)17-15(19)9-18(3,4)10-16(17)20/h5-8,11H,9-10H2,1-4H3. The van der Waals surface area contributed by atoms with Crippen LogP contribution in [0.5, 0.6) is 0 Å². The summed E-state index contributed by atoms with van der Waals surface area (Å²) >= 11 is 0. The van der Waals surface area contributed by atoms with Crippen LogP contribution in [0.4, 0.5) is 0 Å². The van der Waals surface area contributed by atoms with Gasteiger partial charge >= 0.3 is 0 Å². The fourth-order valence-electron chi connectivity index (χ4n) is 3.28. The van der Waals surface area contributed by atoms with E-state index in [1.807, 2.05) is 20.8 Å². The van der Waals surface area contributed by atoms with Gasteiger partial charge in [0.1, 0.15) is 0 Å². The Kier molecular flexibility index (Phi) is 3.52. The highest BCUT2D eigenvalue weighted by Gasteiger charge is 2.37. The van der Waals surface area contributed by atoms with Crippen molar-refractivity contribution in [2.45, 2.75) is 45.4 Å². The molecule has 5 heteroatoms. The summed E-state index contributed by atoms with van der Waals surface area (Å²) < 4.78 is 27.3. The quantitative estimate of drug-likeness (QED) is 0.846. The average molecular weight is 331 g/mol. The van der Waals surface area contributed by atoms with E-state index >= 15 is 0 Å². The molecule has 1 heterocycles. The summed E-state index contributed by atoms with van der Waals surface area (Å²) in [5, 5.41) is 0. The van der Waals surface area contributed by atoms with Crippen molar-refractivity contribution in [2.24, 2.45) is 5.41 Å². The summed E-state index contributed by atoms with van der Waals surface area (Å²) in [6.07, 6.45) is 2.61. The molecule has 0 N–H and O–H groups in total. The molecule has 0 radical (unpaired) electrons. The number of carbonyl (C=O) groups is 1. The minimum Gasteiger partial charge on any atom is -0.294 e. The molecule has 122 valence electrons. The zero-order valence-corrected chi connectivity index (χ0v) is 14.7. The second-order valence-electron chi connectivity index (χ2n) is 7.19. The number of rotatable bonds is 2. The lowest BCUT2D eigenvalue weighted by atomic mass is 9.76. The number of benzene rings is 1. The van der Waals surface area contributed by atoms with Crippen molar-refractivity contribution in [3.63, 3.8) is 0 Å². The molecule has 0 spiro atoms. The summed E-state index contributed by atoms with van der Waals surface area (Å²) in [6, 6.07) is 6.79. The summed E-state index contributed by atoms with van der Waals surface area (Å²) in [4.78, 5) is 12.7. The van der Waals surface area contributed by atoms with Gasteiger partial charge in [-0.2, -0.15) is 0 Å². The maximum atomic E-state index is 13.0. The van der Waals surface area contributed by atoms with Crippen LogP contribution < -0.4 is 0 Å². The van der Waals surface area contributed by atoms with Gasteiger partial charge in [-0.1, -0.05) is 31.5 Å². The van der Waals surface area contributed by atoms with E-state index < -0.39 is 10.0 Å². The number of hydrogen-bond acceptors (Lipinski definition) is 3. The number of hydrogen-bond donors (Lipinski definition) is 0. The van der Waals surface area contributed by atoms with E-state index in [4.69, 9.17) is 0 Å². The van der Waals surface area contributed by atoms with Crippen molar-refractivity contribution < 1.29 is 13.2 Å². The number of Topliss-reactive ketones (excluding diaryl/α,β-unsaturated/α-hetero) is 1. The number of fused-ring (bicyclic) bond motifs is 1. The number of aryl methyl sites for hydroxylation is 2. The summed E-state index contributed by atoms with van der Waals surface area (Å²) in [5.74, 6) is 0.0339. The third-order valence-corrected chi connectivity index (χ3v) is 6.11. The molecule has 0 bridgehead atoms. The van der Waals surface area contributed by atoms with Gasteiger partial charge in [0.25, 0.3) is 10.0 Å². The second kappa shape index (κ2) is 5.06. The lowest BCUT2D eigenvalue weighted by Crippen LogP contribution is -2.29. The number of carbonyl (C=O) groups excluding carboxylic acids is 1. The minimum absolute atomic E-state index is 0.0339. The van der Waals surface area contributed by atoms with Crippen molar-refractivity contribution in [2.75, 3.05) is 0 Å². The lowest BCUT2D eigenvalue weighted by Gasteiger charge is -2.29. The van der Waals surface area contributed by atoms with E-state index in [1.165, 1.54) is 3.97 Å². The van der Waals surface area contributed by atoms with Crippen LogP contribution in [-0.4, -0.2) is 18.2 Å². The molecule has 2 aromatic rings. The highest BCUT2D eigenvalue weighted by atomic mass is 32.2. The average Bonchev–Trinajstić information content (AvgIpc) is 2.75. The highest BCUT2D eigenvalue weighted by Crippen LogP contribution is 2.38. The molecule has 3 rings (SSSR count). The SMILES string of the molecule is Cc1ccc(S(=O)(=O)n2cc(C)c3c2CC(C)(C)CC3=O)cc1. The molecule has 0 amide bonds. The first-order valence-corrected chi connectivity index (χ1v) is 9.12. The van der Waals surface area contributed by atoms with Gasteiger partial charge in [-0.3, -0.25) is 4.79 Å². The van der Waals surface area contributed by atoms with Gasteiger partial charge in [-0.15, -0.1) is 0 Å². The molecule has 1 aliphatic carbocycles. The zero-order chi connectivity index (χ0) is 17.0. The molecule has 0 aliphatic heterocycles. The topological polar surface area (TPSA) is 56.1 Å². The molecule has 0 saturated heterocycles. The van der Waals surface area contributed by atoms with Crippen molar-refractivity contribution in [3.05, 3.63) is 52.8 Å². The summed E-state index contributed by atoms with van der Waals surface area (Å²) in [6.45, 7) is 7.72. The molecule has 1 aromatic carbocycles. The Hall–Kier alpha value is -1.88. The summed E-state index contributed by atoms with van der Waals surface area (Å²) in [7, 11) is -3.69. The molecule has 23 heavy (non-hydrogen) atoms. The molecule has 0 saturated carbocycles. The van der Waals surface area contributed by atoms with Gasteiger partial charge in [0.2, 0.25) is 0 Å². The minimum atomic E-state index is -3.69. The monoisotopic (exact) mass is 331 g/mol. The Morgan fingerprint density at radius 2 is 1.65 bits per heavy atom. The zero-order valence-electron chi connectivity index (χ0n) is 13.9. The van der Waals surface area contributed by atoms with Gasteiger partial charge in [-0.25, -0.2) is 12.4 Å². The predicted octanol–water partition coefficient (Wildman–Crippen LogP) is 3.50. The maximum absolute atomic E-state index is 13.0. The molecular formula is C18H21NO3S. The first-order chi connectivity index (χ1) is 10.6. The van der Waals surface area contributed by atoms with Crippen molar-refractivity contribution in [1.29, 1.82) is 0 Å². The van der Waals surface area contributed by atoms with E-state index in [1.54, 1.807) is 37.4 Å². The van der Waals surface area contributed by atoms with Crippen LogP contribution in [0.25, 0.3) is 0 Å². The fourth-order valence-corrected chi connectivity index (χ4v) is 4.73. The van der Waals surface area contributed by atoms with Crippen LogP contribution in [0, 0.1) is 19.3 Å². The molecule has 1 aromatic heterocycles. The molecule has 0 unspecified atom stereocenters. The lowest BCUT2D eigenvalue weighted by molar-refractivity contribution is 0.0911. The normalized spacial score (nSPS) is 17.1. The first-order valence-electron chi connectivity index (χ1n) is 7.68.